The van der Waals surface area contributed by atoms with Crippen LogP contribution in [0.15, 0.2) is 30.5 Å². The van der Waals surface area contributed by atoms with E-state index >= 15 is 0 Å². The molecule has 21 heavy (non-hydrogen) atoms. The van der Waals surface area contributed by atoms with Crippen molar-refractivity contribution in [3.63, 3.8) is 0 Å². The molecular weight excluding hydrogens is 264 g/mol. The minimum Gasteiger partial charge on any atom is -0.367 e. The van der Waals surface area contributed by atoms with Crippen molar-refractivity contribution in [1.82, 2.24) is 15.2 Å². The van der Waals surface area contributed by atoms with E-state index in [2.05, 4.69) is 39.5 Å². The Balaban J connectivity index is 1.68. The van der Waals surface area contributed by atoms with Gasteiger partial charge >= 0.3 is 6.03 Å². The van der Waals surface area contributed by atoms with Gasteiger partial charge < -0.3 is 20.1 Å². The molecule has 5 nitrogen and oxygen atoms in total. The molecule has 0 saturated carbocycles. The highest BCUT2D eigenvalue weighted by atomic mass is 16.2. The molecule has 0 spiro atoms. The number of fused-ring (bicyclic) bond motifs is 1. The molecular formula is C16H22N4O. The standard InChI is InChI=1S/C16H22N4O/c1-12(2)18-16(21)20-10-8-19(9-11-20)15-5-3-4-14-13(15)6-7-17-14/h3-7,12,17H,8-11H2,1-2H3,(H,18,21). The van der Waals surface area contributed by atoms with Crippen LogP contribution in [0.5, 0.6) is 0 Å². The van der Waals surface area contributed by atoms with E-state index in [0.717, 1.165) is 31.7 Å². The van der Waals surface area contributed by atoms with Crippen LogP contribution in [0.1, 0.15) is 13.8 Å². The number of H-pyrrole nitrogens is 1. The van der Waals surface area contributed by atoms with Crippen molar-refractivity contribution >= 4 is 22.6 Å². The van der Waals surface area contributed by atoms with Crippen molar-refractivity contribution in [3.05, 3.63) is 30.5 Å². The second kappa shape index (κ2) is 5.68. The second-order valence-electron chi connectivity index (χ2n) is 5.79. The summed E-state index contributed by atoms with van der Waals surface area (Å²) in [5, 5.41) is 4.20. The number of hydrogen-bond donors (Lipinski definition) is 2. The molecule has 0 atom stereocenters. The van der Waals surface area contributed by atoms with Gasteiger partial charge in [-0.25, -0.2) is 4.79 Å². The lowest BCUT2D eigenvalue weighted by Gasteiger charge is -2.36. The molecule has 1 aliphatic heterocycles. The number of rotatable bonds is 2. The van der Waals surface area contributed by atoms with Crippen LogP contribution >= 0.6 is 0 Å². The van der Waals surface area contributed by atoms with Gasteiger partial charge in [0.25, 0.3) is 0 Å². The van der Waals surface area contributed by atoms with Gasteiger partial charge in [0.15, 0.2) is 0 Å². The van der Waals surface area contributed by atoms with Crippen LogP contribution in [0.25, 0.3) is 10.9 Å². The Morgan fingerprint density at radius 2 is 1.95 bits per heavy atom. The van der Waals surface area contributed by atoms with Gasteiger partial charge in [-0.15, -0.1) is 0 Å². The Kier molecular flexibility index (Phi) is 3.73. The third-order valence-electron chi connectivity index (χ3n) is 3.89. The Hall–Kier alpha value is -2.17. The Morgan fingerprint density at radius 3 is 2.67 bits per heavy atom. The van der Waals surface area contributed by atoms with Crippen LogP contribution < -0.4 is 10.2 Å². The lowest BCUT2D eigenvalue weighted by atomic mass is 10.2. The average molecular weight is 286 g/mol. The van der Waals surface area contributed by atoms with Crippen LogP contribution in [-0.2, 0) is 0 Å². The minimum atomic E-state index is 0.0458. The number of anilines is 1. The molecule has 0 unspecified atom stereocenters. The third-order valence-corrected chi connectivity index (χ3v) is 3.89. The van der Waals surface area contributed by atoms with Crippen molar-refractivity contribution in [3.8, 4) is 0 Å². The van der Waals surface area contributed by atoms with Gasteiger partial charge in [0.2, 0.25) is 0 Å². The minimum absolute atomic E-state index is 0.0458. The Bertz CT molecular complexity index is 626. The van der Waals surface area contributed by atoms with Gasteiger partial charge in [-0.05, 0) is 32.0 Å². The average Bonchev–Trinajstić information content (AvgIpc) is 2.95. The molecule has 1 aromatic carbocycles. The van der Waals surface area contributed by atoms with Crippen LogP contribution in [0.3, 0.4) is 0 Å². The fourth-order valence-corrected chi connectivity index (χ4v) is 2.83. The number of nitrogens with one attached hydrogen (secondary N) is 2. The number of carbonyl (C=O) groups excluding carboxylic acids is 1. The molecule has 0 radical (unpaired) electrons. The molecule has 2 aromatic rings. The summed E-state index contributed by atoms with van der Waals surface area (Å²) in [5.74, 6) is 0. The summed E-state index contributed by atoms with van der Waals surface area (Å²) in [4.78, 5) is 19.5. The molecule has 3 rings (SSSR count). The first kappa shape index (κ1) is 13.8. The summed E-state index contributed by atoms with van der Waals surface area (Å²) in [7, 11) is 0. The number of amides is 2. The van der Waals surface area contributed by atoms with E-state index in [0.29, 0.717) is 0 Å². The predicted molar refractivity (Wildman–Crippen MR) is 85.8 cm³/mol. The molecule has 1 aromatic heterocycles. The molecule has 5 heteroatoms. The van der Waals surface area contributed by atoms with Gasteiger partial charge in [0, 0.05) is 55.0 Å². The normalized spacial score (nSPS) is 15.8. The highest BCUT2D eigenvalue weighted by Gasteiger charge is 2.22. The number of hydrogen-bond acceptors (Lipinski definition) is 2. The van der Waals surface area contributed by atoms with Crippen LogP contribution in [0, 0.1) is 0 Å². The lowest BCUT2D eigenvalue weighted by molar-refractivity contribution is 0.192. The number of urea groups is 1. The molecule has 0 bridgehead atoms. The van der Waals surface area contributed by atoms with E-state index < -0.39 is 0 Å². The number of piperazine rings is 1. The van der Waals surface area contributed by atoms with Gasteiger partial charge in [-0.3, -0.25) is 0 Å². The predicted octanol–water partition coefficient (Wildman–Crippen LogP) is 2.41. The number of benzene rings is 1. The van der Waals surface area contributed by atoms with Gasteiger partial charge in [0.05, 0.1) is 0 Å². The van der Waals surface area contributed by atoms with E-state index in [-0.39, 0.29) is 12.1 Å². The Labute approximate surface area is 124 Å². The van der Waals surface area contributed by atoms with Crippen molar-refractivity contribution in [2.24, 2.45) is 0 Å². The van der Waals surface area contributed by atoms with Crippen molar-refractivity contribution in [1.29, 1.82) is 0 Å². The van der Waals surface area contributed by atoms with Gasteiger partial charge in [-0.2, -0.15) is 0 Å². The first-order chi connectivity index (χ1) is 10.1. The molecule has 2 amide bonds. The smallest absolute Gasteiger partial charge is 0.317 e. The van der Waals surface area contributed by atoms with Crippen LogP contribution in [0.4, 0.5) is 10.5 Å². The highest BCUT2D eigenvalue weighted by molar-refractivity contribution is 5.92. The Morgan fingerprint density at radius 1 is 1.19 bits per heavy atom. The van der Waals surface area contributed by atoms with E-state index in [1.165, 1.54) is 11.1 Å². The van der Waals surface area contributed by atoms with Crippen molar-refractivity contribution in [2.75, 3.05) is 31.1 Å². The zero-order valence-electron chi connectivity index (χ0n) is 12.6. The van der Waals surface area contributed by atoms with Crippen LogP contribution in [0.2, 0.25) is 0 Å². The maximum absolute atomic E-state index is 12.0. The maximum Gasteiger partial charge on any atom is 0.317 e. The zero-order valence-corrected chi connectivity index (χ0v) is 12.6. The number of nitrogens with zero attached hydrogens (tertiary/aromatic N) is 2. The molecule has 112 valence electrons. The summed E-state index contributed by atoms with van der Waals surface area (Å²) in [6.07, 6.45) is 1.97. The monoisotopic (exact) mass is 286 g/mol. The number of aromatic nitrogens is 1. The summed E-state index contributed by atoms with van der Waals surface area (Å²) < 4.78 is 0. The summed E-state index contributed by atoms with van der Waals surface area (Å²) in [6.45, 7) is 7.24. The first-order valence-electron chi connectivity index (χ1n) is 7.51. The fourth-order valence-electron chi connectivity index (χ4n) is 2.83. The van der Waals surface area contributed by atoms with Gasteiger partial charge in [-0.1, -0.05) is 6.07 Å². The van der Waals surface area contributed by atoms with Crippen molar-refractivity contribution in [2.45, 2.75) is 19.9 Å². The van der Waals surface area contributed by atoms with E-state index in [1.54, 1.807) is 0 Å². The third kappa shape index (κ3) is 2.82. The molecule has 1 saturated heterocycles. The summed E-state index contributed by atoms with van der Waals surface area (Å²) in [5.41, 5.74) is 2.41. The van der Waals surface area contributed by atoms with Crippen molar-refractivity contribution < 1.29 is 4.79 Å². The molecule has 0 aliphatic carbocycles. The SMILES string of the molecule is CC(C)NC(=O)N1CCN(c2cccc3[nH]ccc23)CC1. The van der Waals surface area contributed by atoms with Gasteiger partial charge in [0.1, 0.15) is 0 Å². The second-order valence-corrected chi connectivity index (χ2v) is 5.79. The number of carbonyl (C=O) groups is 1. The quantitative estimate of drug-likeness (QED) is 0.890. The zero-order chi connectivity index (χ0) is 14.8. The fraction of sp³-hybridized carbons (Fsp3) is 0.438. The molecule has 1 fully saturated rings. The number of aromatic amines is 1. The van der Waals surface area contributed by atoms with E-state index in [1.807, 2.05) is 24.9 Å². The molecule has 2 N–H and O–H groups in total. The summed E-state index contributed by atoms with van der Waals surface area (Å²) >= 11 is 0. The largest absolute Gasteiger partial charge is 0.367 e. The highest BCUT2D eigenvalue weighted by Crippen LogP contribution is 2.26. The van der Waals surface area contributed by atoms with E-state index in [9.17, 15) is 4.79 Å². The van der Waals surface area contributed by atoms with E-state index in [4.69, 9.17) is 0 Å². The first-order valence-corrected chi connectivity index (χ1v) is 7.51. The molecule has 2 heterocycles. The lowest BCUT2D eigenvalue weighted by Crippen LogP contribution is -2.52. The topological polar surface area (TPSA) is 51.4 Å². The molecule has 1 aliphatic rings. The maximum atomic E-state index is 12.0. The van der Waals surface area contributed by atoms with Crippen LogP contribution in [-0.4, -0.2) is 48.1 Å². The summed E-state index contributed by atoms with van der Waals surface area (Å²) in [6, 6.07) is 8.66.